The molecule has 3 heteroatoms. The van der Waals surface area contributed by atoms with Crippen LogP contribution in [0.4, 0.5) is 0 Å². The number of nitrogens with zero attached hydrogens (tertiary/aromatic N) is 3. The molecule has 0 atom stereocenters. The van der Waals surface area contributed by atoms with Crippen molar-refractivity contribution in [3.05, 3.63) is 12.2 Å². The highest BCUT2D eigenvalue weighted by Crippen LogP contribution is 2.43. The largest absolute Gasteiger partial charge is 0.314 e. The number of aromatic nitrogens is 3. The van der Waals surface area contributed by atoms with Crippen molar-refractivity contribution in [2.45, 2.75) is 37.6 Å². The first kappa shape index (κ1) is 5.75. The zero-order valence-corrected chi connectivity index (χ0v) is 6.40. The highest BCUT2D eigenvalue weighted by molar-refractivity contribution is 5.07. The molecule has 1 aromatic heterocycles. The van der Waals surface area contributed by atoms with E-state index < -0.39 is 0 Å². The van der Waals surface area contributed by atoms with Crippen LogP contribution in [-0.4, -0.2) is 14.8 Å². The lowest BCUT2D eigenvalue weighted by molar-refractivity contribution is 0.683. The lowest BCUT2D eigenvalue weighted by Gasteiger charge is -2.00. The van der Waals surface area contributed by atoms with Crippen LogP contribution in [0, 0.1) is 0 Å². The Morgan fingerprint density at radius 1 is 1.27 bits per heavy atom. The molecule has 0 amide bonds. The average molecular weight is 149 g/mol. The van der Waals surface area contributed by atoms with E-state index in [1.165, 1.54) is 31.5 Å². The second-order valence-corrected chi connectivity index (χ2v) is 3.60. The SMILES string of the molecule is c1nnc(C2CC2)n1C1CC1. The van der Waals surface area contributed by atoms with Crippen molar-refractivity contribution in [1.82, 2.24) is 14.8 Å². The predicted molar refractivity (Wildman–Crippen MR) is 40.3 cm³/mol. The number of rotatable bonds is 2. The Balaban J connectivity index is 1.98. The molecule has 0 aliphatic heterocycles. The number of hydrogen-bond donors (Lipinski definition) is 0. The fourth-order valence-electron chi connectivity index (χ4n) is 1.52. The minimum absolute atomic E-state index is 0.748. The van der Waals surface area contributed by atoms with Gasteiger partial charge >= 0.3 is 0 Å². The minimum atomic E-state index is 0.748. The maximum atomic E-state index is 4.15. The van der Waals surface area contributed by atoms with E-state index in [9.17, 15) is 0 Å². The Kier molecular flexibility index (Phi) is 0.962. The van der Waals surface area contributed by atoms with E-state index >= 15 is 0 Å². The molecule has 0 N–H and O–H groups in total. The van der Waals surface area contributed by atoms with Crippen LogP contribution in [0.15, 0.2) is 6.33 Å². The van der Waals surface area contributed by atoms with Crippen molar-refractivity contribution < 1.29 is 0 Å². The maximum absolute atomic E-state index is 4.15. The molecule has 1 heterocycles. The van der Waals surface area contributed by atoms with Crippen LogP contribution in [0.5, 0.6) is 0 Å². The predicted octanol–water partition coefficient (Wildman–Crippen LogP) is 1.49. The average Bonchev–Trinajstić information content (AvgIpc) is 2.91. The quantitative estimate of drug-likeness (QED) is 0.637. The molecule has 0 aromatic carbocycles. The van der Waals surface area contributed by atoms with Gasteiger partial charge in [0, 0.05) is 12.0 Å². The van der Waals surface area contributed by atoms with E-state index in [4.69, 9.17) is 0 Å². The molecule has 2 aliphatic carbocycles. The molecule has 1 aromatic rings. The molecule has 2 fully saturated rings. The Labute approximate surface area is 65.4 Å². The molecular formula is C8H11N3. The summed E-state index contributed by atoms with van der Waals surface area (Å²) < 4.78 is 2.28. The van der Waals surface area contributed by atoms with Crippen molar-refractivity contribution >= 4 is 0 Å². The van der Waals surface area contributed by atoms with Gasteiger partial charge in [0.05, 0.1) is 0 Å². The first-order chi connectivity index (χ1) is 5.45. The van der Waals surface area contributed by atoms with Gasteiger partial charge in [-0.25, -0.2) is 0 Å². The van der Waals surface area contributed by atoms with E-state index in [1.807, 2.05) is 6.33 Å². The lowest BCUT2D eigenvalue weighted by Crippen LogP contribution is -1.98. The Morgan fingerprint density at radius 2 is 2.09 bits per heavy atom. The second kappa shape index (κ2) is 1.84. The van der Waals surface area contributed by atoms with Gasteiger partial charge in [0.2, 0.25) is 0 Å². The van der Waals surface area contributed by atoms with Crippen LogP contribution in [0.3, 0.4) is 0 Å². The van der Waals surface area contributed by atoms with E-state index in [0.717, 1.165) is 12.0 Å². The third kappa shape index (κ3) is 0.870. The molecule has 0 unspecified atom stereocenters. The van der Waals surface area contributed by atoms with Crippen LogP contribution < -0.4 is 0 Å². The van der Waals surface area contributed by atoms with E-state index in [1.54, 1.807) is 0 Å². The highest BCUT2D eigenvalue weighted by atomic mass is 15.3. The molecule has 3 nitrogen and oxygen atoms in total. The normalized spacial score (nSPS) is 24.0. The fourth-order valence-corrected chi connectivity index (χ4v) is 1.52. The summed E-state index contributed by atoms with van der Waals surface area (Å²) >= 11 is 0. The van der Waals surface area contributed by atoms with Crippen LogP contribution in [0.1, 0.15) is 43.5 Å². The zero-order valence-electron chi connectivity index (χ0n) is 6.40. The smallest absolute Gasteiger partial charge is 0.136 e. The third-order valence-electron chi connectivity index (χ3n) is 2.48. The van der Waals surface area contributed by atoms with Crippen molar-refractivity contribution in [2.75, 3.05) is 0 Å². The molecule has 0 saturated heterocycles. The summed E-state index contributed by atoms with van der Waals surface area (Å²) in [6, 6.07) is 0.751. The molecule has 2 aliphatic rings. The molecular weight excluding hydrogens is 138 g/mol. The molecule has 11 heavy (non-hydrogen) atoms. The second-order valence-electron chi connectivity index (χ2n) is 3.60. The topological polar surface area (TPSA) is 30.7 Å². The Hall–Kier alpha value is -0.860. The van der Waals surface area contributed by atoms with E-state index in [-0.39, 0.29) is 0 Å². The van der Waals surface area contributed by atoms with Crippen LogP contribution >= 0.6 is 0 Å². The first-order valence-electron chi connectivity index (χ1n) is 4.34. The van der Waals surface area contributed by atoms with Crippen molar-refractivity contribution in [1.29, 1.82) is 0 Å². The van der Waals surface area contributed by atoms with Gasteiger partial charge in [0.1, 0.15) is 12.2 Å². The van der Waals surface area contributed by atoms with Crippen LogP contribution in [-0.2, 0) is 0 Å². The van der Waals surface area contributed by atoms with Gasteiger partial charge in [0.25, 0.3) is 0 Å². The van der Waals surface area contributed by atoms with E-state index in [0.29, 0.717) is 0 Å². The Morgan fingerprint density at radius 3 is 2.73 bits per heavy atom. The summed E-state index contributed by atoms with van der Waals surface area (Å²) in [5, 5.41) is 8.11. The maximum Gasteiger partial charge on any atom is 0.136 e. The van der Waals surface area contributed by atoms with Crippen LogP contribution in [0.2, 0.25) is 0 Å². The fraction of sp³-hybridized carbons (Fsp3) is 0.750. The van der Waals surface area contributed by atoms with Gasteiger partial charge in [-0.15, -0.1) is 10.2 Å². The van der Waals surface area contributed by atoms with Gasteiger partial charge in [0.15, 0.2) is 0 Å². The molecule has 2 saturated carbocycles. The number of hydrogen-bond acceptors (Lipinski definition) is 2. The van der Waals surface area contributed by atoms with Crippen molar-refractivity contribution in [3.8, 4) is 0 Å². The standard InChI is InChI=1S/C8H11N3/c1-2-6(1)8-10-9-5-11(8)7-3-4-7/h5-7H,1-4H2. The monoisotopic (exact) mass is 149 g/mol. The van der Waals surface area contributed by atoms with Gasteiger partial charge in [-0.2, -0.15) is 0 Å². The van der Waals surface area contributed by atoms with Gasteiger partial charge in [-0.05, 0) is 25.7 Å². The summed E-state index contributed by atoms with van der Waals surface area (Å²) in [6.45, 7) is 0. The van der Waals surface area contributed by atoms with Gasteiger partial charge in [-0.1, -0.05) is 0 Å². The summed E-state index contributed by atoms with van der Waals surface area (Å²) in [5.74, 6) is 1.99. The molecule has 0 radical (unpaired) electrons. The lowest BCUT2D eigenvalue weighted by atomic mass is 10.4. The third-order valence-corrected chi connectivity index (χ3v) is 2.48. The summed E-state index contributed by atoms with van der Waals surface area (Å²) in [6.07, 6.45) is 7.21. The minimum Gasteiger partial charge on any atom is -0.314 e. The van der Waals surface area contributed by atoms with Crippen molar-refractivity contribution in [3.63, 3.8) is 0 Å². The molecule has 3 rings (SSSR count). The zero-order chi connectivity index (χ0) is 7.26. The molecule has 0 bridgehead atoms. The van der Waals surface area contributed by atoms with Crippen LogP contribution in [0.25, 0.3) is 0 Å². The first-order valence-corrected chi connectivity index (χ1v) is 4.34. The summed E-state index contributed by atoms with van der Waals surface area (Å²) in [4.78, 5) is 0. The van der Waals surface area contributed by atoms with Gasteiger partial charge in [-0.3, -0.25) is 0 Å². The molecule has 0 spiro atoms. The highest BCUT2D eigenvalue weighted by Gasteiger charge is 2.33. The Bertz CT molecular complexity index is 244. The summed E-state index contributed by atoms with van der Waals surface area (Å²) in [5.41, 5.74) is 0. The van der Waals surface area contributed by atoms with E-state index in [2.05, 4.69) is 14.8 Å². The summed E-state index contributed by atoms with van der Waals surface area (Å²) in [7, 11) is 0. The van der Waals surface area contributed by atoms with Gasteiger partial charge < -0.3 is 4.57 Å². The van der Waals surface area contributed by atoms with Crippen molar-refractivity contribution in [2.24, 2.45) is 0 Å². The molecule has 58 valence electrons.